The van der Waals surface area contributed by atoms with Gasteiger partial charge in [0, 0.05) is 35.0 Å². The summed E-state index contributed by atoms with van der Waals surface area (Å²) in [7, 11) is -3.81. The van der Waals surface area contributed by atoms with E-state index in [9.17, 15) is 12.8 Å². The molecule has 0 saturated carbocycles. The first kappa shape index (κ1) is 17.4. The Labute approximate surface area is 158 Å². The van der Waals surface area contributed by atoms with Crippen molar-refractivity contribution >= 4 is 42.5 Å². The SMILES string of the molecule is O=S(=O)(Cc1cc(N2CCCC2)ccc1F)c1[nH]nc2ncc(Br)cc12. The summed E-state index contributed by atoms with van der Waals surface area (Å²) in [6.45, 7) is 1.81. The van der Waals surface area contributed by atoms with E-state index in [1.54, 1.807) is 24.4 Å². The van der Waals surface area contributed by atoms with Gasteiger partial charge in [-0.3, -0.25) is 5.10 Å². The van der Waals surface area contributed by atoms with Crippen molar-refractivity contribution in [3.05, 3.63) is 46.3 Å². The number of benzene rings is 1. The highest BCUT2D eigenvalue weighted by Crippen LogP contribution is 2.28. The highest BCUT2D eigenvalue weighted by molar-refractivity contribution is 9.10. The van der Waals surface area contributed by atoms with E-state index in [2.05, 4.69) is 36.0 Å². The number of nitrogens with zero attached hydrogens (tertiary/aromatic N) is 3. The number of aromatic amines is 1. The van der Waals surface area contributed by atoms with Crippen molar-refractivity contribution < 1.29 is 12.8 Å². The van der Waals surface area contributed by atoms with Crippen molar-refractivity contribution in [1.82, 2.24) is 15.2 Å². The van der Waals surface area contributed by atoms with Crippen molar-refractivity contribution in [3.63, 3.8) is 0 Å². The summed E-state index contributed by atoms with van der Waals surface area (Å²) >= 11 is 3.28. The van der Waals surface area contributed by atoms with Gasteiger partial charge in [-0.15, -0.1) is 0 Å². The Kier molecular flexibility index (Phi) is 4.44. The van der Waals surface area contributed by atoms with E-state index in [0.29, 0.717) is 15.5 Å². The zero-order valence-corrected chi connectivity index (χ0v) is 16.1. The van der Waals surface area contributed by atoms with Gasteiger partial charge < -0.3 is 4.90 Å². The summed E-state index contributed by atoms with van der Waals surface area (Å²) in [5.74, 6) is -0.968. The summed E-state index contributed by atoms with van der Waals surface area (Å²) in [6, 6.07) is 6.30. The molecule has 9 heteroatoms. The fourth-order valence-corrected chi connectivity index (χ4v) is 4.99. The minimum Gasteiger partial charge on any atom is -0.372 e. The highest BCUT2D eigenvalue weighted by atomic mass is 79.9. The van der Waals surface area contributed by atoms with Gasteiger partial charge in [-0.25, -0.2) is 17.8 Å². The second-order valence-corrected chi connectivity index (χ2v) is 9.15. The lowest BCUT2D eigenvalue weighted by atomic mass is 10.2. The zero-order chi connectivity index (χ0) is 18.3. The quantitative estimate of drug-likeness (QED) is 0.674. The number of hydrogen-bond donors (Lipinski definition) is 1. The lowest BCUT2D eigenvalue weighted by Crippen LogP contribution is -2.18. The van der Waals surface area contributed by atoms with E-state index < -0.39 is 21.4 Å². The Bertz CT molecular complexity index is 1080. The number of anilines is 1. The molecule has 1 saturated heterocycles. The summed E-state index contributed by atoms with van der Waals surface area (Å²) in [5, 5.41) is 6.80. The molecule has 26 heavy (non-hydrogen) atoms. The number of rotatable bonds is 4. The molecule has 0 spiro atoms. The summed E-state index contributed by atoms with van der Waals surface area (Å²) in [4.78, 5) is 6.21. The average molecular weight is 439 g/mol. The molecule has 0 radical (unpaired) electrons. The van der Waals surface area contributed by atoms with Crippen molar-refractivity contribution in [2.24, 2.45) is 0 Å². The minimum atomic E-state index is -3.81. The van der Waals surface area contributed by atoms with Crippen LogP contribution in [0.2, 0.25) is 0 Å². The number of sulfone groups is 1. The molecular weight excluding hydrogens is 423 g/mol. The molecule has 3 heterocycles. The lowest BCUT2D eigenvalue weighted by molar-refractivity contribution is 0.584. The number of pyridine rings is 1. The minimum absolute atomic E-state index is 0.0488. The summed E-state index contributed by atoms with van der Waals surface area (Å²) in [5.41, 5.74) is 1.31. The third-order valence-electron chi connectivity index (χ3n) is 4.50. The van der Waals surface area contributed by atoms with E-state index in [0.717, 1.165) is 31.6 Å². The molecule has 1 fully saturated rings. The second kappa shape index (κ2) is 6.62. The molecule has 1 aliphatic rings. The lowest BCUT2D eigenvalue weighted by Gasteiger charge is -2.18. The van der Waals surface area contributed by atoms with Crippen LogP contribution in [0.1, 0.15) is 18.4 Å². The largest absolute Gasteiger partial charge is 0.372 e. The average Bonchev–Trinajstić information content (AvgIpc) is 3.26. The van der Waals surface area contributed by atoms with Crippen molar-refractivity contribution in [2.45, 2.75) is 23.6 Å². The Hall–Kier alpha value is -2.00. The Morgan fingerprint density at radius 2 is 2.00 bits per heavy atom. The molecule has 0 unspecified atom stereocenters. The van der Waals surface area contributed by atoms with Gasteiger partial charge in [-0.05, 0) is 53.0 Å². The van der Waals surface area contributed by atoms with Crippen LogP contribution in [0, 0.1) is 5.82 Å². The molecule has 1 aromatic carbocycles. The van der Waals surface area contributed by atoms with Crippen molar-refractivity contribution in [1.29, 1.82) is 0 Å². The molecule has 4 rings (SSSR count). The van der Waals surface area contributed by atoms with Gasteiger partial charge in [-0.1, -0.05) is 0 Å². The molecule has 1 aliphatic heterocycles. The molecule has 0 atom stereocenters. The van der Waals surface area contributed by atoms with Crippen LogP contribution in [0.4, 0.5) is 10.1 Å². The number of hydrogen-bond acceptors (Lipinski definition) is 5. The third kappa shape index (κ3) is 3.21. The Balaban J connectivity index is 1.71. The molecule has 0 bridgehead atoms. The number of halogens is 2. The van der Waals surface area contributed by atoms with E-state index >= 15 is 0 Å². The highest BCUT2D eigenvalue weighted by Gasteiger charge is 2.24. The van der Waals surface area contributed by atoms with E-state index in [4.69, 9.17) is 0 Å². The maximum absolute atomic E-state index is 14.3. The molecule has 2 aromatic heterocycles. The Morgan fingerprint density at radius 3 is 2.77 bits per heavy atom. The van der Waals surface area contributed by atoms with Crippen LogP contribution in [0.3, 0.4) is 0 Å². The van der Waals surface area contributed by atoms with Crippen LogP contribution in [0.5, 0.6) is 0 Å². The van der Waals surface area contributed by atoms with Crippen LogP contribution in [-0.4, -0.2) is 36.7 Å². The Morgan fingerprint density at radius 1 is 1.23 bits per heavy atom. The predicted molar refractivity (Wildman–Crippen MR) is 100 cm³/mol. The molecule has 0 aliphatic carbocycles. The van der Waals surface area contributed by atoms with Gasteiger partial charge in [0.2, 0.25) is 0 Å². The van der Waals surface area contributed by atoms with E-state index in [-0.39, 0.29) is 10.6 Å². The molecular formula is C17H16BrFN4O2S. The maximum atomic E-state index is 14.3. The molecule has 136 valence electrons. The second-order valence-electron chi connectivity index (χ2n) is 6.31. The summed E-state index contributed by atoms with van der Waals surface area (Å²) < 4.78 is 40.7. The van der Waals surface area contributed by atoms with Gasteiger partial charge in [0.1, 0.15) is 5.82 Å². The van der Waals surface area contributed by atoms with Gasteiger partial charge in [0.05, 0.1) is 11.1 Å². The molecule has 3 aromatic rings. The van der Waals surface area contributed by atoms with Crippen LogP contribution in [-0.2, 0) is 15.6 Å². The normalized spacial score (nSPS) is 15.1. The van der Waals surface area contributed by atoms with Crippen molar-refractivity contribution in [2.75, 3.05) is 18.0 Å². The van der Waals surface area contributed by atoms with Crippen LogP contribution >= 0.6 is 15.9 Å². The summed E-state index contributed by atoms with van der Waals surface area (Å²) in [6.07, 6.45) is 3.72. The molecule has 0 amide bonds. The molecule has 6 nitrogen and oxygen atoms in total. The molecule has 1 N–H and O–H groups in total. The standard InChI is InChI=1S/C17H16BrFN4O2S/c18-12-8-14-16(20-9-12)21-22-17(14)26(24,25)10-11-7-13(3-4-15(11)19)23-5-1-2-6-23/h3-4,7-9H,1-2,5-6,10H2,(H,20,21,22). The first-order valence-corrected chi connectivity index (χ1v) is 10.6. The van der Waals surface area contributed by atoms with E-state index in [1.165, 1.54) is 6.07 Å². The fraction of sp³-hybridized carbons (Fsp3) is 0.294. The fourth-order valence-electron chi connectivity index (χ4n) is 3.21. The van der Waals surface area contributed by atoms with Crippen LogP contribution in [0.25, 0.3) is 11.0 Å². The van der Waals surface area contributed by atoms with Crippen molar-refractivity contribution in [3.8, 4) is 0 Å². The number of nitrogens with one attached hydrogen (secondary N) is 1. The third-order valence-corrected chi connectivity index (χ3v) is 6.56. The van der Waals surface area contributed by atoms with Crippen LogP contribution < -0.4 is 4.90 Å². The first-order valence-electron chi connectivity index (χ1n) is 8.20. The predicted octanol–water partition coefficient (Wildman–Crippen LogP) is 3.43. The maximum Gasteiger partial charge on any atom is 0.199 e. The van der Waals surface area contributed by atoms with E-state index in [1.807, 2.05) is 0 Å². The van der Waals surface area contributed by atoms with Gasteiger partial charge in [0.15, 0.2) is 20.5 Å². The monoisotopic (exact) mass is 438 g/mol. The van der Waals surface area contributed by atoms with Crippen LogP contribution in [0.15, 0.2) is 40.0 Å². The zero-order valence-electron chi connectivity index (χ0n) is 13.7. The van der Waals surface area contributed by atoms with Gasteiger partial charge in [0.25, 0.3) is 0 Å². The number of fused-ring (bicyclic) bond motifs is 1. The topological polar surface area (TPSA) is 79.0 Å². The number of H-pyrrole nitrogens is 1. The first-order chi connectivity index (χ1) is 12.4. The smallest absolute Gasteiger partial charge is 0.199 e. The van der Waals surface area contributed by atoms with Gasteiger partial charge in [-0.2, -0.15) is 5.10 Å². The van der Waals surface area contributed by atoms with Gasteiger partial charge >= 0.3 is 0 Å². The number of aromatic nitrogens is 3.